The number of Topliss-reactive ketones (excluding diaryl/α,β-unsaturated/α-hetero) is 2. The lowest BCUT2D eigenvalue weighted by Crippen LogP contribution is -2.49. The Bertz CT molecular complexity index is 1780. The first-order chi connectivity index (χ1) is 21.0. The molecule has 7 rings (SSSR count). The number of hydrogen-bond donors (Lipinski definition) is 1. The van der Waals surface area contributed by atoms with Crippen molar-refractivity contribution in [1.29, 1.82) is 0 Å². The number of nitrogens with one attached hydrogen (secondary N) is 1. The zero-order chi connectivity index (χ0) is 29.7. The molecule has 1 amide bonds. The highest BCUT2D eigenvalue weighted by molar-refractivity contribution is 6.16. The summed E-state index contributed by atoms with van der Waals surface area (Å²) in [4.78, 5) is 46.1. The summed E-state index contributed by atoms with van der Waals surface area (Å²) in [5, 5.41) is 3.10. The molecule has 0 unspecified atom stereocenters. The van der Waals surface area contributed by atoms with Crippen molar-refractivity contribution in [1.82, 2.24) is 4.90 Å². The number of fused-ring (bicyclic) bond motifs is 6. The number of carbonyl (C=O) groups excluding carboxylic acids is 3. The van der Waals surface area contributed by atoms with E-state index in [-0.39, 0.29) is 17.5 Å². The van der Waals surface area contributed by atoms with Crippen LogP contribution < -0.4 is 10.1 Å². The molecule has 4 aromatic carbocycles. The molecule has 214 valence electrons. The normalized spacial score (nSPS) is 23.0. The Hall–Kier alpha value is -4.97. The van der Waals surface area contributed by atoms with Crippen LogP contribution in [0.3, 0.4) is 0 Å². The Kier molecular flexibility index (Phi) is 6.50. The number of ketones is 2. The summed E-state index contributed by atoms with van der Waals surface area (Å²) in [5.74, 6) is -1.06. The molecule has 0 bridgehead atoms. The third-order valence-corrected chi connectivity index (χ3v) is 9.27. The first-order valence-corrected chi connectivity index (χ1v) is 14.8. The van der Waals surface area contributed by atoms with Gasteiger partial charge in [0.2, 0.25) is 5.91 Å². The van der Waals surface area contributed by atoms with Gasteiger partial charge in [-0.3, -0.25) is 14.4 Å². The van der Waals surface area contributed by atoms with E-state index in [0.29, 0.717) is 22.6 Å². The number of para-hydroxylation sites is 1. The van der Waals surface area contributed by atoms with Crippen molar-refractivity contribution < 1.29 is 19.1 Å². The number of carbonyl (C=O) groups is 3. The van der Waals surface area contributed by atoms with E-state index in [0.717, 1.165) is 35.1 Å². The number of amides is 1. The van der Waals surface area contributed by atoms with Gasteiger partial charge in [-0.1, -0.05) is 80.1 Å². The van der Waals surface area contributed by atoms with E-state index in [1.807, 2.05) is 90.0 Å². The minimum atomic E-state index is -1.34. The second-order valence-corrected chi connectivity index (χ2v) is 11.5. The number of anilines is 1. The molecular weight excluding hydrogens is 536 g/mol. The van der Waals surface area contributed by atoms with E-state index in [9.17, 15) is 14.4 Å². The molecular formula is C37H32N2O4. The molecule has 3 aliphatic rings. The Morgan fingerprint density at radius 2 is 1.53 bits per heavy atom. The third kappa shape index (κ3) is 3.97. The second-order valence-electron chi connectivity index (χ2n) is 11.5. The van der Waals surface area contributed by atoms with Gasteiger partial charge in [0.1, 0.15) is 17.2 Å². The molecule has 6 heteroatoms. The van der Waals surface area contributed by atoms with Crippen LogP contribution in [0.4, 0.5) is 5.69 Å². The molecule has 0 aliphatic carbocycles. The van der Waals surface area contributed by atoms with Gasteiger partial charge >= 0.3 is 0 Å². The van der Waals surface area contributed by atoms with Gasteiger partial charge in [-0.15, -0.1) is 0 Å². The van der Waals surface area contributed by atoms with Crippen LogP contribution in [0, 0.1) is 5.92 Å². The molecule has 4 aromatic rings. The van der Waals surface area contributed by atoms with Crippen molar-refractivity contribution in [2.45, 2.75) is 37.3 Å². The summed E-state index contributed by atoms with van der Waals surface area (Å²) in [6.07, 6.45) is 5.77. The van der Waals surface area contributed by atoms with Crippen LogP contribution in [-0.4, -0.2) is 35.5 Å². The van der Waals surface area contributed by atoms with Gasteiger partial charge in [-0.25, -0.2) is 0 Å². The number of nitrogens with zero attached hydrogens (tertiary/aromatic N) is 1. The molecule has 1 spiro atoms. The lowest BCUT2D eigenvalue weighted by Gasteiger charge is -2.38. The maximum atomic E-state index is 14.9. The van der Waals surface area contributed by atoms with Gasteiger partial charge in [-0.05, 0) is 65.1 Å². The number of hydrogen-bond acceptors (Lipinski definition) is 5. The van der Waals surface area contributed by atoms with Crippen LogP contribution in [0.2, 0.25) is 0 Å². The van der Waals surface area contributed by atoms with Crippen LogP contribution in [0.5, 0.6) is 5.75 Å². The lowest BCUT2D eigenvalue weighted by molar-refractivity contribution is -0.122. The molecule has 6 nitrogen and oxygen atoms in total. The fourth-order valence-electron chi connectivity index (χ4n) is 7.40. The monoisotopic (exact) mass is 568 g/mol. The first kappa shape index (κ1) is 26.9. The maximum Gasteiger partial charge on any atom is 0.238 e. The average molecular weight is 569 g/mol. The molecule has 3 aliphatic heterocycles. The van der Waals surface area contributed by atoms with E-state index >= 15 is 0 Å². The summed E-state index contributed by atoms with van der Waals surface area (Å²) in [6, 6.07) is 28.6. The molecule has 1 saturated heterocycles. The van der Waals surface area contributed by atoms with Crippen LogP contribution >= 0.6 is 0 Å². The van der Waals surface area contributed by atoms with Gasteiger partial charge in [0.05, 0.1) is 19.1 Å². The van der Waals surface area contributed by atoms with Crippen molar-refractivity contribution in [3.05, 3.63) is 137 Å². The van der Waals surface area contributed by atoms with Gasteiger partial charge in [0.25, 0.3) is 0 Å². The summed E-state index contributed by atoms with van der Waals surface area (Å²) in [6.45, 7) is 2.12. The van der Waals surface area contributed by atoms with E-state index in [1.54, 1.807) is 31.4 Å². The quantitative estimate of drug-likeness (QED) is 0.253. The highest BCUT2D eigenvalue weighted by Gasteiger charge is 2.70. The van der Waals surface area contributed by atoms with Crippen molar-refractivity contribution in [2.75, 3.05) is 12.4 Å². The van der Waals surface area contributed by atoms with Crippen LogP contribution in [-0.2, 0) is 16.6 Å². The van der Waals surface area contributed by atoms with Gasteiger partial charge < -0.3 is 15.0 Å². The number of benzene rings is 4. The molecule has 0 radical (unpaired) electrons. The van der Waals surface area contributed by atoms with E-state index < -0.39 is 23.4 Å². The second kappa shape index (κ2) is 10.4. The molecule has 0 aromatic heterocycles. The SMILES string of the molecule is CCCc1ccc(C(=O)[C@@H]2[C@@H](C(=O)c3ccc(OC)cc3)N3C=Cc4ccccc4[C@@H]3[C@]23C(=O)Nc2ccccc23)cc1. The number of rotatable bonds is 7. The fourth-order valence-corrected chi connectivity index (χ4v) is 7.40. The van der Waals surface area contributed by atoms with E-state index in [1.165, 1.54) is 0 Å². The first-order valence-electron chi connectivity index (χ1n) is 14.8. The standard InChI is InChI=1S/C37H32N2O4/c1-3-8-23-13-15-25(16-14-23)33(40)31-32(34(41)26-17-19-27(43-2)20-18-26)39-22-21-24-9-4-5-10-28(24)35(39)37(31)29-11-6-7-12-30(29)38-36(37)42/h4-7,9-22,31-32,35H,3,8H2,1-2H3,(H,38,42)/t31-,32-,35+,37+/m0/s1. The van der Waals surface area contributed by atoms with E-state index in [2.05, 4.69) is 12.2 Å². The highest BCUT2D eigenvalue weighted by atomic mass is 16.5. The Balaban J connectivity index is 1.48. The van der Waals surface area contributed by atoms with Crippen molar-refractivity contribution in [3.63, 3.8) is 0 Å². The summed E-state index contributed by atoms with van der Waals surface area (Å²) >= 11 is 0. The fraction of sp³-hybridized carbons (Fsp3) is 0.216. The largest absolute Gasteiger partial charge is 0.497 e. The highest BCUT2D eigenvalue weighted by Crippen LogP contribution is 2.62. The molecule has 1 fully saturated rings. The predicted molar refractivity (Wildman–Crippen MR) is 166 cm³/mol. The van der Waals surface area contributed by atoms with Crippen LogP contribution in [0.25, 0.3) is 6.08 Å². The van der Waals surface area contributed by atoms with Crippen molar-refractivity contribution in [3.8, 4) is 5.75 Å². The topological polar surface area (TPSA) is 75.7 Å². The third-order valence-electron chi connectivity index (χ3n) is 9.27. The number of aryl methyl sites for hydroxylation is 1. The minimum Gasteiger partial charge on any atom is -0.497 e. The Labute approximate surface area is 251 Å². The molecule has 0 saturated carbocycles. The molecule has 4 atom stereocenters. The smallest absolute Gasteiger partial charge is 0.238 e. The molecule has 43 heavy (non-hydrogen) atoms. The zero-order valence-electron chi connectivity index (χ0n) is 24.1. The summed E-state index contributed by atoms with van der Waals surface area (Å²) in [5.41, 5.74) is 4.04. The number of methoxy groups -OCH3 is 1. The van der Waals surface area contributed by atoms with Crippen LogP contribution in [0.1, 0.15) is 62.4 Å². The van der Waals surface area contributed by atoms with Crippen LogP contribution in [0.15, 0.2) is 103 Å². The number of ether oxygens (including phenoxy) is 1. The predicted octanol–water partition coefficient (Wildman–Crippen LogP) is 6.63. The Morgan fingerprint density at radius 1 is 0.860 bits per heavy atom. The Morgan fingerprint density at radius 3 is 2.28 bits per heavy atom. The summed E-state index contributed by atoms with van der Waals surface area (Å²) < 4.78 is 5.33. The summed E-state index contributed by atoms with van der Waals surface area (Å²) in [7, 11) is 1.58. The lowest BCUT2D eigenvalue weighted by atomic mass is 9.62. The van der Waals surface area contributed by atoms with Crippen molar-refractivity contribution >= 4 is 29.2 Å². The minimum absolute atomic E-state index is 0.216. The average Bonchev–Trinajstić information content (AvgIpc) is 3.53. The van der Waals surface area contributed by atoms with Crippen molar-refractivity contribution in [2.24, 2.45) is 5.92 Å². The van der Waals surface area contributed by atoms with Gasteiger partial charge in [0, 0.05) is 23.0 Å². The van der Waals surface area contributed by atoms with Gasteiger partial charge in [0.15, 0.2) is 11.6 Å². The zero-order valence-corrected chi connectivity index (χ0v) is 24.1. The van der Waals surface area contributed by atoms with E-state index in [4.69, 9.17) is 4.74 Å². The maximum absolute atomic E-state index is 14.9. The molecule has 1 N–H and O–H groups in total. The van der Waals surface area contributed by atoms with Gasteiger partial charge in [-0.2, -0.15) is 0 Å². The molecule has 3 heterocycles.